The van der Waals surface area contributed by atoms with Gasteiger partial charge in [-0.15, -0.1) is 0 Å². The maximum absolute atomic E-state index is 12.3. The Morgan fingerprint density at radius 3 is 2.08 bits per heavy atom. The highest BCUT2D eigenvalue weighted by Crippen LogP contribution is 2.48. The molecule has 0 radical (unpaired) electrons. The lowest BCUT2D eigenvalue weighted by molar-refractivity contribution is -0.191. The lowest BCUT2D eigenvalue weighted by Gasteiger charge is -2.02. The normalized spacial score (nSPS) is 30.8. The van der Waals surface area contributed by atoms with Gasteiger partial charge in [-0.3, -0.25) is 4.79 Å². The zero-order valence-corrected chi connectivity index (χ0v) is 6.80. The number of ether oxygens (including phenoxy) is 1. The summed E-state index contributed by atoms with van der Waals surface area (Å²) in [5, 5.41) is 0. The third kappa shape index (κ3) is 2.13. The van der Waals surface area contributed by atoms with E-state index < -0.39 is 17.6 Å². The average molecular weight is 176 g/mol. The Morgan fingerprint density at radius 2 is 2.00 bits per heavy atom. The Bertz CT molecular complexity index is 209. The van der Waals surface area contributed by atoms with E-state index in [4.69, 9.17) is 9.59 Å². The van der Waals surface area contributed by atoms with Crippen molar-refractivity contribution in [3.05, 3.63) is 0 Å². The summed E-state index contributed by atoms with van der Waals surface area (Å²) < 4.78 is 16.7. The summed E-state index contributed by atoms with van der Waals surface area (Å²) in [4.78, 5) is 26.9. The van der Waals surface area contributed by atoms with E-state index >= 15 is 0 Å². The minimum absolute atomic E-state index is 0.250. The van der Waals surface area contributed by atoms with E-state index in [1.165, 1.54) is 7.11 Å². The lowest BCUT2D eigenvalue weighted by Crippen LogP contribution is -2.16. The Balaban J connectivity index is 0.000000354. The van der Waals surface area contributed by atoms with E-state index in [0.717, 1.165) is 0 Å². The molecular formula is C7H9FO4. The second-order valence-electron chi connectivity index (χ2n) is 2.66. The van der Waals surface area contributed by atoms with Gasteiger partial charge < -0.3 is 4.74 Å². The maximum Gasteiger partial charge on any atom is 0.373 e. The predicted molar refractivity (Wildman–Crippen MR) is 34.6 cm³/mol. The molecule has 1 aliphatic carbocycles. The Labute approximate surface area is 68.7 Å². The molecule has 5 heteroatoms. The molecule has 1 saturated carbocycles. The van der Waals surface area contributed by atoms with Crippen molar-refractivity contribution >= 4 is 12.1 Å². The van der Waals surface area contributed by atoms with Gasteiger partial charge in [0.2, 0.25) is 0 Å². The molecule has 0 saturated heterocycles. The van der Waals surface area contributed by atoms with E-state index in [-0.39, 0.29) is 6.15 Å². The van der Waals surface area contributed by atoms with Crippen LogP contribution in [0.3, 0.4) is 0 Å². The first-order chi connectivity index (χ1) is 5.52. The molecule has 68 valence electrons. The molecule has 2 unspecified atom stereocenters. The highest BCUT2D eigenvalue weighted by atomic mass is 19.1. The van der Waals surface area contributed by atoms with Crippen LogP contribution in [0, 0.1) is 5.41 Å². The first kappa shape index (κ1) is 10.8. The molecule has 0 aliphatic heterocycles. The molecule has 0 aromatic heterocycles. The summed E-state index contributed by atoms with van der Waals surface area (Å²) in [6.45, 7) is 1.57. The first-order valence-corrected chi connectivity index (χ1v) is 3.24. The summed E-state index contributed by atoms with van der Waals surface area (Å²) in [5.41, 5.74) is -0.811. The van der Waals surface area contributed by atoms with Crippen molar-refractivity contribution in [3.8, 4) is 0 Å². The molecule has 0 amide bonds. The number of alkyl halides is 1. The molecule has 0 heterocycles. The topological polar surface area (TPSA) is 60.4 Å². The van der Waals surface area contributed by atoms with Crippen LogP contribution in [0.1, 0.15) is 13.3 Å². The van der Waals surface area contributed by atoms with Crippen LogP contribution >= 0.6 is 0 Å². The minimum atomic E-state index is -0.982. The van der Waals surface area contributed by atoms with Crippen LogP contribution in [0.5, 0.6) is 0 Å². The fraction of sp³-hybridized carbons (Fsp3) is 0.714. The minimum Gasteiger partial charge on any atom is -0.469 e. The van der Waals surface area contributed by atoms with Crippen LogP contribution in [0.4, 0.5) is 4.39 Å². The van der Waals surface area contributed by atoms with Crippen molar-refractivity contribution in [2.75, 3.05) is 7.11 Å². The van der Waals surface area contributed by atoms with Gasteiger partial charge in [0.15, 0.2) is 0 Å². The Kier molecular flexibility index (Phi) is 3.57. The molecule has 0 aromatic carbocycles. The molecule has 0 bridgehead atoms. The summed E-state index contributed by atoms with van der Waals surface area (Å²) in [6.07, 6.45) is -0.412. The fourth-order valence-corrected chi connectivity index (χ4v) is 0.758. The van der Waals surface area contributed by atoms with Crippen molar-refractivity contribution in [1.82, 2.24) is 0 Å². The fourth-order valence-electron chi connectivity index (χ4n) is 0.758. The van der Waals surface area contributed by atoms with Gasteiger partial charge in [0.05, 0.1) is 12.5 Å². The number of methoxy groups -OCH3 is 1. The first-order valence-electron chi connectivity index (χ1n) is 3.24. The van der Waals surface area contributed by atoms with Gasteiger partial charge >= 0.3 is 12.1 Å². The van der Waals surface area contributed by atoms with Crippen LogP contribution < -0.4 is 0 Å². The summed E-state index contributed by atoms with van der Waals surface area (Å²) in [5.74, 6) is -0.435. The number of carbonyl (C=O) groups is 1. The van der Waals surface area contributed by atoms with E-state index in [2.05, 4.69) is 4.74 Å². The van der Waals surface area contributed by atoms with Gasteiger partial charge in [0.25, 0.3) is 0 Å². The van der Waals surface area contributed by atoms with E-state index in [9.17, 15) is 9.18 Å². The Morgan fingerprint density at radius 1 is 1.67 bits per heavy atom. The van der Waals surface area contributed by atoms with Crippen molar-refractivity contribution in [2.45, 2.75) is 19.5 Å². The standard InChI is InChI=1S/C6H9FO2.CO2/c1-6(3-4(6)7)5(8)9-2;2-1-3/h4H,3H2,1-2H3;. The summed E-state index contributed by atoms with van der Waals surface area (Å²) in [7, 11) is 1.28. The number of carbonyl (C=O) groups excluding carboxylic acids is 3. The lowest BCUT2D eigenvalue weighted by atomic mass is 10.1. The van der Waals surface area contributed by atoms with Crippen molar-refractivity contribution in [1.29, 1.82) is 0 Å². The van der Waals surface area contributed by atoms with Gasteiger partial charge in [-0.25, -0.2) is 4.39 Å². The molecule has 1 rings (SSSR count). The van der Waals surface area contributed by atoms with Crippen molar-refractivity contribution in [2.24, 2.45) is 5.41 Å². The zero-order chi connectivity index (χ0) is 9.78. The summed E-state index contributed by atoms with van der Waals surface area (Å²) in [6, 6.07) is 0. The number of hydrogen-bond donors (Lipinski definition) is 0. The molecule has 1 aliphatic rings. The highest BCUT2D eigenvalue weighted by Gasteiger charge is 2.58. The second-order valence-corrected chi connectivity index (χ2v) is 2.66. The molecule has 1 fully saturated rings. The molecule has 0 spiro atoms. The van der Waals surface area contributed by atoms with Crippen molar-refractivity contribution < 1.29 is 23.5 Å². The third-order valence-electron chi connectivity index (χ3n) is 1.79. The van der Waals surface area contributed by atoms with Gasteiger partial charge in [-0.1, -0.05) is 0 Å². The second kappa shape index (κ2) is 3.97. The van der Waals surface area contributed by atoms with Crippen LogP contribution in [0.25, 0.3) is 0 Å². The van der Waals surface area contributed by atoms with Crippen LogP contribution in [-0.2, 0) is 19.1 Å². The average Bonchev–Trinajstić information content (AvgIpc) is 2.61. The van der Waals surface area contributed by atoms with E-state index in [0.29, 0.717) is 6.42 Å². The monoisotopic (exact) mass is 176 g/mol. The predicted octanol–water partition coefficient (Wildman–Crippen LogP) is 0.324. The number of rotatable bonds is 1. The molecule has 12 heavy (non-hydrogen) atoms. The quantitative estimate of drug-likeness (QED) is 0.540. The van der Waals surface area contributed by atoms with Gasteiger partial charge in [-0.05, 0) is 13.3 Å². The smallest absolute Gasteiger partial charge is 0.373 e. The maximum atomic E-state index is 12.3. The molecular weight excluding hydrogens is 167 g/mol. The molecule has 0 aromatic rings. The van der Waals surface area contributed by atoms with Gasteiger partial charge in [-0.2, -0.15) is 9.59 Å². The SMILES string of the molecule is COC(=O)C1(C)CC1F.O=C=O. The molecule has 4 nitrogen and oxygen atoms in total. The van der Waals surface area contributed by atoms with Crippen LogP contribution in [0.15, 0.2) is 0 Å². The van der Waals surface area contributed by atoms with E-state index in [1.807, 2.05) is 0 Å². The highest BCUT2D eigenvalue weighted by molar-refractivity contribution is 5.80. The molecule has 2 atom stereocenters. The van der Waals surface area contributed by atoms with Crippen LogP contribution in [-0.4, -0.2) is 25.4 Å². The van der Waals surface area contributed by atoms with Gasteiger partial charge in [0.1, 0.15) is 6.17 Å². The summed E-state index contributed by atoms with van der Waals surface area (Å²) >= 11 is 0. The molecule has 0 N–H and O–H groups in total. The van der Waals surface area contributed by atoms with Crippen LogP contribution in [0.2, 0.25) is 0 Å². The largest absolute Gasteiger partial charge is 0.469 e. The van der Waals surface area contributed by atoms with Gasteiger partial charge in [0, 0.05) is 0 Å². The number of esters is 1. The van der Waals surface area contributed by atoms with Crippen molar-refractivity contribution in [3.63, 3.8) is 0 Å². The number of halogens is 1. The Hall–Kier alpha value is -1.22. The van der Waals surface area contributed by atoms with E-state index in [1.54, 1.807) is 6.92 Å². The zero-order valence-electron chi connectivity index (χ0n) is 6.80. The number of hydrogen-bond acceptors (Lipinski definition) is 4. The third-order valence-corrected chi connectivity index (χ3v) is 1.79.